The molecular weight excluding hydrogens is 366 g/mol. The maximum Gasteiger partial charge on any atom is 0.278 e. The lowest BCUT2D eigenvalue weighted by atomic mass is 10.0. The van der Waals surface area contributed by atoms with E-state index in [1.165, 1.54) is 4.90 Å². The van der Waals surface area contributed by atoms with E-state index in [9.17, 15) is 9.59 Å². The summed E-state index contributed by atoms with van der Waals surface area (Å²) in [6.07, 6.45) is 3.32. The molecule has 0 atom stereocenters. The highest BCUT2D eigenvalue weighted by Crippen LogP contribution is 2.33. The molecule has 0 radical (unpaired) electrons. The Balaban J connectivity index is 1.73. The highest BCUT2D eigenvalue weighted by Gasteiger charge is 2.41. The van der Waals surface area contributed by atoms with E-state index < -0.39 is 0 Å². The van der Waals surface area contributed by atoms with Crippen molar-refractivity contribution in [2.75, 3.05) is 26.3 Å². The molecule has 3 heterocycles. The summed E-state index contributed by atoms with van der Waals surface area (Å²) in [6.45, 7) is 2.40. The van der Waals surface area contributed by atoms with Crippen LogP contribution in [-0.4, -0.2) is 52.9 Å². The van der Waals surface area contributed by atoms with E-state index >= 15 is 0 Å². The predicted octanol–water partition coefficient (Wildman–Crippen LogP) is 2.35. The van der Waals surface area contributed by atoms with Gasteiger partial charge in [-0.2, -0.15) is 0 Å². The summed E-state index contributed by atoms with van der Waals surface area (Å²) in [5, 5.41) is 0.580. The van der Waals surface area contributed by atoms with E-state index in [2.05, 4.69) is 4.98 Å². The van der Waals surface area contributed by atoms with Crippen LogP contribution in [-0.2, 0) is 20.9 Å². The molecule has 1 fully saturated rings. The van der Waals surface area contributed by atoms with Crippen molar-refractivity contribution in [2.45, 2.75) is 6.54 Å². The van der Waals surface area contributed by atoms with Crippen LogP contribution in [0.4, 0.5) is 0 Å². The van der Waals surface area contributed by atoms with Gasteiger partial charge in [0.25, 0.3) is 11.8 Å². The molecule has 4 rings (SSSR count). The first-order valence-electron chi connectivity index (χ1n) is 8.73. The lowest BCUT2D eigenvalue weighted by Gasteiger charge is -2.29. The van der Waals surface area contributed by atoms with E-state index in [4.69, 9.17) is 16.3 Å². The molecule has 0 spiro atoms. The number of benzene rings is 1. The molecule has 138 valence electrons. The number of pyridine rings is 1. The van der Waals surface area contributed by atoms with Crippen LogP contribution in [0.25, 0.3) is 5.57 Å². The van der Waals surface area contributed by atoms with Gasteiger partial charge in [-0.1, -0.05) is 29.8 Å². The minimum Gasteiger partial charge on any atom is -0.378 e. The largest absolute Gasteiger partial charge is 0.378 e. The first kappa shape index (κ1) is 17.7. The molecule has 7 heteroatoms. The van der Waals surface area contributed by atoms with Crippen molar-refractivity contribution in [1.29, 1.82) is 0 Å². The molecule has 6 nitrogen and oxygen atoms in total. The second-order valence-electron chi connectivity index (χ2n) is 6.39. The van der Waals surface area contributed by atoms with Crippen LogP contribution in [0.2, 0.25) is 5.02 Å². The fourth-order valence-corrected chi connectivity index (χ4v) is 3.46. The first-order chi connectivity index (χ1) is 13.1. The number of carbonyl (C=O) groups excluding carboxylic acids is 2. The van der Waals surface area contributed by atoms with Gasteiger partial charge in [0, 0.05) is 30.5 Å². The van der Waals surface area contributed by atoms with E-state index in [1.54, 1.807) is 42.7 Å². The van der Waals surface area contributed by atoms with Crippen LogP contribution in [0.5, 0.6) is 0 Å². The van der Waals surface area contributed by atoms with Gasteiger partial charge in [0.1, 0.15) is 5.70 Å². The molecule has 2 aliphatic heterocycles. The molecule has 0 saturated carbocycles. The van der Waals surface area contributed by atoms with Crippen molar-refractivity contribution in [3.8, 4) is 0 Å². The van der Waals surface area contributed by atoms with Crippen molar-refractivity contribution in [2.24, 2.45) is 0 Å². The fraction of sp³-hybridized carbons (Fsp3) is 0.250. The molecular formula is C20H18ClN3O3. The maximum atomic E-state index is 13.2. The molecule has 0 bridgehead atoms. The SMILES string of the molecule is O=C1C(c2ccc(Cl)cc2)=C(N2CCOCC2)C(=O)N1Cc1cccnc1. The van der Waals surface area contributed by atoms with Crippen LogP contribution in [0.15, 0.2) is 54.5 Å². The van der Waals surface area contributed by atoms with Gasteiger partial charge >= 0.3 is 0 Å². The van der Waals surface area contributed by atoms with Gasteiger partial charge in [0.05, 0.1) is 25.3 Å². The lowest BCUT2D eigenvalue weighted by molar-refractivity contribution is -0.138. The van der Waals surface area contributed by atoms with Crippen LogP contribution >= 0.6 is 11.6 Å². The number of rotatable bonds is 4. The summed E-state index contributed by atoms with van der Waals surface area (Å²) in [6, 6.07) is 10.6. The fourth-order valence-electron chi connectivity index (χ4n) is 3.34. The Bertz CT molecular complexity index is 890. The topological polar surface area (TPSA) is 62.7 Å². The number of nitrogens with zero attached hydrogens (tertiary/aromatic N) is 3. The number of morpholine rings is 1. The zero-order valence-corrected chi connectivity index (χ0v) is 15.4. The highest BCUT2D eigenvalue weighted by atomic mass is 35.5. The highest BCUT2D eigenvalue weighted by molar-refractivity contribution is 6.35. The summed E-state index contributed by atoms with van der Waals surface area (Å²) < 4.78 is 5.40. The molecule has 2 aromatic rings. The normalized spacial score (nSPS) is 17.8. The molecule has 1 aromatic heterocycles. The number of halogens is 1. The maximum absolute atomic E-state index is 13.2. The molecule has 2 aliphatic rings. The van der Waals surface area contributed by atoms with Crippen LogP contribution in [0.3, 0.4) is 0 Å². The Morgan fingerprint density at radius 2 is 1.78 bits per heavy atom. The van der Waals surface area contributed by atoms with E-state index in [0.717, 1.165) is 5.56 Å². The minimum absolute atomic E-state index is 0.191. The number of hydrogen-bond donors (Lipinski definition) is 0. The molecule has 2 amide bonds. The second kappa shape index (κ2) is 7.50. The Morgan fingerprint density at radius 3 is 2.44 bits per heavy atom. The zero-order valence-electron chi connectivity index (χ0n) is 14.6. The average Bonchev–Trinajstić information content (AvgIpc) is 2.95. The van der Waals surface area contributed by atoms with E-state index in [-0.39, 0.29) is 18.4 Å². The Hall–Kier alpha value is -2.70. The van der Waals surface area contributed by atoms with Crippen molar-refractivity contribution in [3.63, 3.8) is 0 Å². The Labute approximate surface area is 162 Å². The lowest BCUT2D eigenvalue weighted by Crippen LogP contribution is -2.40. The van der Waals surface area contributed by atoms with Gasteiger partial charge in [-0.3, -0.25) is 19.5 Å². The molecule has 1 saturated heterocycles. The standard InChI is InChI=1S/C20H18ClN3O3/c21-16-5-3-15(4-6-16)17-18(23-8-10-27-11-9-23)20(26)24(19(17)25)13-14-2-1-7-22-12-14/h1-7,12H,8-11,13H2. The summed E-state index contributed by atoms with van der Waals surface area (Å²) in [7, 11) is 0. The van der Waals surface area contributed by atoms with Gasteiger partial charge in [-0.25, -0.2) is 0 Å². The van der Waals surface area contributed by atoms with Gasteiger partial charge in [-0.15, -0.1) is 0 Å². The first-order valence-corrected chi connectivity index (χ1v) is 9.11. The van der Waals surface area contributed by atoms with Crippen molar-refractivity contribution < 1.29 is 14.3 Å². The molecule has 0 aliphatic carbocycles. The quantitative estimate of drug-likeness (QED) is 0.758. The number of aromatic nitrogens is 1. The predicted molar refractivity (Wildman–Crippen MR) is 101 cm³/mol. The number of carbonyl (C=O) groups is 2. The van der Waals surface area contributed by atoms with Gasteiger partial charge in [0.15, 0.2) is 0 Å². The van der Waals surface area contributed by atoms with E-state index in [0.29, 0.717) is 48.2 Å². The summed E-state index contributed by atoms with van der Waals surface area (Å²) in [4.78, 5) is 33.7. The minimum atomic E-state index is -0.298. The third-order valence-electron chi connectivity index (χ3n) is 4.67. The Morgan fingerprint density at radius 1 is 1.04 bits per heavy atom. The molecule has 27 heavy (non-hydrogen) atoms. The van der Waals surface area contributed by atoms with Crippen LogP contribution in [0.1, 0.15) is 11.1 Å². The number of ether oxygens (including phenoxy) is 1. The monoisotopic (exact) mass is 383 g/mol. The van der Waals surface area contributed by atoms with Crippen molar-refractivity contribution in [1.82, 2.24) is 14.8 Å². The van der Waals surface area contributed by atoms with E-state index in [1.807, 2.05) is 11.0 Å². The van der Waals surface area contributed by atoms with Crippen molar-refractivity contribution in [3.05, 3.63) is 70.6 Å². The summed E-state index contributed by atoms with van der Waals surface area (Å²) >= 11 is 5.99. The summed E-state index contributed by atoms with van der Waals surface area (Å²) in [5.74, 6) is -0.580. The van der Waals surface area contributed by atoms with Gasteiger partial charge < -0.3 is 9.64 Å². The third-order valence-corrected chi connectivity index (χ3v) is 4.92. The van der Waals surface area contributed by atoms with Gasteiger partial charge in [-0.05, 0) is 29.3 Å². The number of hydrogen-bond acceptors (Lipinski definition) is 5. The number of imide groups is 1. The summed E-state index contributed by atoms with van der Waals surface area (Å²) in [5.41, 5.74) is 2.35. The molecule has 0 N–H and O–H groups in total. The smallest absolute Gasteiger partial charge is 0.278 e. The van der Waals surface area contributed by atoms with Gasteiger partial charge in [0.2, 0.25) is 0 Å². The van der Waals surface area contributed by atoms with Crippen molar-refractivity contribution >= 4 is 29.0 Å². The third kappa shape index (κ3) is 3.46. The molecule has 1 aromatic carbocycles. The Kier molecular flexibility index (Phi) is 4.92. The average molecular weight is 384 g/mol. The second-order valence-corrected chi connectivity index (χ2v) is 6.82. The van der Waals surface area contributed by atoms with Crippen LogP contribution < -0.4 is 0 Å². The zero-order chi connectivity index (χ0) is 18.8. The number of amides is 2. The van der Waals surface area contributed by atoms with Crippen LogP contribution in [0, 0.1) is 0 Å². The molecule has 0 unspecified atom stereocenters.